The molecule has 0 radical (unpaired) electrons. The van der Waals surface area contributed by atoms with Crippen LogP contribution in [0.5, 0.6) is 0 Å². The molecule has 1 N–H and O–H groups in total. The molecule has 1 aromatic carbocycles. The largest absolute Gasteiger partial charge is 0.387 e. The summed E-state index contributed by atoms with van der Waals surface area (Å²) < 4.78 is 13.0. The van der Waals surface area contributed by atoms with Gasteiger partial charge in [-0.3, -0.25) is 4.90 Å². The second-order valence-corrected chi connectivity index (χ2v) is 5.19. The van der Waals surface area contributed by atoms with Crippen molar-refractivity contribution in [2.75, 3.05) is 7.05 Å². The summed E-state index contributed by atoms with van der Waals surface area (Å²) in [7, 11) is 2.00. The van der Waals surface area contributed by atoms with Gasteiger partial charge in [0.05, 0.1) is 6.10 Å². The summed E-state index contributed by atoms with van der Waals surface area (Å²) in [6.07, 6.45) is 0.329. The quantitative estimate of drug-likeness (QED) is 0.832. The van der Waals surface area contributed by atoms with Gasteiger partial charge in [-0.25, -0.2) is 4.39 Å². The van der Waals surface area contributed by atoms with Crippen LogP contribution >= 0.6 is 0 Å². The molecule has 0 spiro atoms. The lowest BCUT2D eigenvalue weighted by atomic mass is 9.78. The third kappa shape index (κ3) is 1.85. The summed E-state index contributed by atoms with van der Waals surface area (Å²) in [5.74, 6) is -0.294. The van der Waals surface area contributed by atoms with Crippen molar-refractivity contribution in [1.29, 1.82) is 0 Å². The molecule has 0 saturated carbocycles. The molecule has 0 unspecified atom stereocenters. The number of nitrogens with zero attached hydrogens (tertiary/aromatic N) is 1. The predicted molar refractivity (Wildman–Crippen MR) is 61.6 cm³/mol. The molecule has 1 aliphatic heterocycles. The summed E-state index contributed by atoms with van der Waals surface area (Å²) in [6, 6.07) is 6.30. The van der Waals surface area contributed by atoms with Gasteiger partial charge in [-0.05, 0) is 45.0 Å². The number of halogens is 1. The van der Waals surface area contributed by atoms with Crippen molar-refractivity contribution in [3.63, 3.8) is 0 Å². The van der Waals surface area contributed by atoms with Gasteiger partial charge in [-0.15, -0.1) is 0 Å². The average Bonchev–Trinajstić information content (AvgIpc) is 2.25. The first-order valence-electron chi connectivity index (χ1n) is 5.58. The Hall–Kier alpha value is -0.930. The standard InChI is InChI=1S/C13H18FNO/c1-13(2)8-11(15(13)3)12(16)9-5-4-6-10(14)7-9/h4-7,11-12,16H,8H2,1-3H3/t11-,12-/m1/s1. The van der Waals surface area contributed by atoms with E-state index in [0.717, 1.165) is 6.42 Å². The van der Waals surface area contributed by atoms with Crippen LogP contribution in [0.1, 0.15) is 31.9 Å². The molecule has 0 amide bonds. The molecule has 88 valence electrons. The van der Waals surface area contributed by atoms with E-state index >= 15 is 0 Å². The molecule has 1 fully saturated rings. The SMILES string of the molecule is CN1[C@@H]([C@H](O)c2cccc(F)c2)CC1(C)C. The Morgan fingerprint density at radius 2 is 2.19 bits per heavy atom. The van der Waals surface area contributed by atoms with E-state index in [9.17, 15) is 9.50 Å². The van der Waals surface area contributed by atoms with Gasteiger partial charge < -0.3 is 5.11 Å². The molecule has 0 bridgehead atoms. The van der Waals surface area contributed by atoms with Crippen LogP contribution in [0.2, 0.25) is 0 Å². The Morgan fingerprint density at radius 3 is 2.69 bits per heavy atom. The van der Waals surface area contributed by atoms with Gasteiger partial charge in [-0.1, -0.05) is 12.1 Å². The third-order valence-electron chi connectivity index (χ3n) is 3.72. The minimum absolute atomic E-state index is 0.0943. The monoisotopic (exact) mass is 223 g/mol. The van der Waals surface area contributed by atoms with Gasteiger partial charge in [0.15, 0.2) is 0 Å². The molecule has 3 heteroatoms. The smallest absolute Gasteiger partial charge is 0.123 e. The first-order valence-corrected chi connectivity index (χ1v) is 5.58. The maximum absolute atomic E-state index is 13.0. The molecule has 1 aromatic rings. The lowest BCUT2D eigenvalue weighted by Gasteiger charge is -2.55. The molecule has 2 atom stereocenters. The predicted octanol–water partition coefficient (Wildman–Crippen LogP) is 2.34. The van der Waals surface area contributed by atoms with E-state index in [1.807, 2.05) is 7.05 Å². The molecule has 1 saturated heterocycles. The Balaban J connectivity index is 2.13. The van der Waals surface area contributed by atoms with Crippen molar-refractivity contribution in [1.82, 2.24) is 4.90 Å². The summed E-state index contributed by atoms with van der Waals surface area (Å²) in [4.78, 5) is 2.14. The molecule has 2 nitrogen and oxygen atoms in total. The fourth-order valence-electron chi connectivity index (χ4n) is 2.37. The molecule has 1 aliphatic rings. The van der Waals surface area contributed by atoms with Gasteiger partial charge in [0, 0.05) is 11.6 Å². The van der Waals surface area contributed by atoms with Crippen molar-refractivity contribution in [2.24, 2.45) is 0 Å². The zero-order valence-corrected chi connectivity index (χ0v) is 9.94. The first-order chi connectivity index (χ1) is 7.42. The normalized spacial score (nSPS) is 26.2. The molecule has 0 aliphatic carbocycles. The maximum Gasteiger partial charge on any atom is 0.123 e. The van der Waals surface area contributed by atoms with Gasteiger partial charge in [0.25, 0.3) is 0 Å². The molecule has 0 aromatic heterocycles. The highest BCUT2D eigenvalue weighted by molar-refractivity contribution is 5.22. The van der Waals surface area contributed by atoms with Gasteiger partial charge in [0.2, 0.25) is 0 Å². The van der Waals surface area contributed by atoms with E-state index in [4.69, 9.17) is 0 Å². The summed E-state index contributed by atoms with van der Waals surface area (Å²) in [5, 5.41) is 10.2. The zero-order valence-electron chi connectivity index (χ0n) is 9.94. The number of hydrogen-bond donors (Lipinski definition) is 1. The van der Waals surface area contributed by atoms with Crippen molar-refractivity contribution in [3.05, 3.63) is 35.6 Å². The van der Waals surface area contributed by atoms with E-state index in [2.05, 4.69) is 18.7 Å². The summed E-state index contributed by atoms with van der Waals surface area (Å²) in [6.45, 7) is 4.28. The number of aliphatic hydroxyl groups is 1. The van der Waals surface area contributed by atoms with Crippen molar-refractivity contribution >= 4 is 0 Å². The lowest BCUT2D eigenvalue weighted by molar-refractivity contribution is -0.0886. The van der Waals surface area contributed by atoms with Crippen LogP contribution in [0, 0.1) is 5.82 Å². The van der Waals surface area contributed by atoms with Crippen LogP contribution in [0.15, 0.2) is 24.3 Å². The number of aliphatic hydroxyl groups excluding tert-OH is 1. The van der Waals surface area contributed by atoms with E-state index < -0.39 is 6.10 Å². The molecular weight excluding hydrogens is 205 g/mol. The number of hydrogen-bond acceptors (Lipinski definition) is 2. The number of rotatable bonds is 2. The van der Waals surface area contributed by atoms with E-state index in [1.165, 1.54) is 12.1 Å². The molecule has 1 heterocycles. The molecular formula is C13H18FNO. The fourth-order valence-corrected chi connectivity index (χ4v) is 2.37. The Morgan fingerprint density at radius 1 is 1.50 bits per heavy atom. The van der Waals surface area contributed by atoms with Gasteiger partial charge in [-0.2, -0.15) is 0 Å². The van der Waals surface area contributed by atoms with Crippen molar-refractivity contribution in [3.8, 4) is 0 Å². The lowest BCUT2D eigenvalue weighted by Crippen LogP contribution is -2.62. The molecule has 2 rings (SSSR count). The Kier molecular flexibility index (Phi) is 2.76. The average molecular weight is 223 g/mol. The first kappa shape index (κ1) is 11.6. The maximum atomic E-state index is 13.0. The minimum atomic E-state index is -0.603. The minimum Gasteiger partial charge on any atom is -0.387 e. The third-order valence-corrected chi connectivity index (χ3v) is 3.72. The topological polar surface area (TPSA) is 23.5 Å². The van der Waals surface area contributed by atoms with Crippen LogP contribution in [0.25, 0.3) is 0 Å². The van der Waals surface area contributed by atoms with Gasteiger partial charge >= 0.3 is 0 Å². The number of benzene rings is 1. The van der Waals surface area contributed by atoms with Crippen LogP contribution in [0.4, 0.5) is 4.39 Å². The Bertz CT molecular complexity index is 391. The van der Waals surface area contributed by atoms with E-state index in [0.29, 0.717) is 5.56 Å². The highest BCUT2D eigenvalue weighted by Crippen LogP contribution is 2.40. The van der Waals surface area contributed by atoms with Crippen LogP contribution < -0.4 is 0 Å². The van der Waals surface area contributed by atoms with Gasteiger partial charge in [0.1, 0.15) is 5.82 Å². The van der Waals surface area contributed by atoms with Crippen LogP contribution in [0.3, 0.4) is 0 Å². The fraction of sp³-hybridized carbons (Fsp3) is 0.538. The highest BCUT2D eigenvalue weighted by Gasteiger charge is 2.45. The highest BCUT2D eigenvalue weighted by atomic mass is 19.1. The van der Waals surface area contributed by atoms with Crippen molar-refractivity contribution in [2.45, 2.75) is 38.0 Å². The van der Waals surface area contributed by atoms with E-state index in [-0.39, 0.29) is 17.4 Å². The summed E-state index contributed by atoms with van der Waals surface area (Å²) >= 11 is 0. The van der Waals surface area contributed by atoms with Crippen LogP contribution in [-0.4, -0.2) is 28.6 Å². The van der Waals surface area contributed by atoms with Crippen LogP contribution in [-0.2, 0) is 0 Å². The second-order valence-electron chi connectivity index (χ2n) is 5.19. The Labute approximate surface area is 95.7 Å². The zero-order chi connectivity index (χ0) is 11.9. The molecule has 16 heavy (non-hydrogen) atoms. The second kappa shape index (κ2) is 3.82. The number of likely N-dealkylation sites (N-methyl/N-ethyl adjacent to an activating group) is 1. The van der Waals surface area contributed by atoms with Crippen molar-refractivity contribution < 1.29 is 9.50 Å². The summed E-state index contributed by atoms with van der Waals surface area (Å²) in [5.41, 5.74) is 0.797. The van der Waals surface area contributed by atoms with E-state index in [1.54, 1.807) is 12.1 Å². The number of likely N-dealkylation sites (tertiary alicyclic amines) is 1.